The number of rotatable bonds is 4. The van der Waals surface area contributed by atoms with Crippen LogP contribution >= 0.6 is 0 Å². The van der Waals surface area contributed by atoms with E-state index < -0.39 is 5.97 Å². The lowest BCUT2D eigenvalue weighted by Crippen LogP contribution is -2.06. The predicted octanol–water partition coefficient (Wildman–Crippen LogP) is 2.84. The third-order valence-corrected chi connectivity index (χ3v) is 2.71. The van der Waals surface area contributed by atoms with Crippen molar-refractivity contribution in [1.82, 2.24) is 5.16 Å². The van der Waals surface area contributed by atoms with E-state index in [4.69, 9.17) is 14.0 Å². The number of esters is 1. The molecule has 0 aliphatic rings. The average Bonchev–Trinajstić information content (AvgIpc) is 2.81. The fraction of sp³-hybridized carbons (Fsp3) is 0.286. The maximum atomic E-state index is 11.9. The summed E-state index contributed by atoms with van der Waals surface area (Å²) in [6.45, 7) is 3.76. The van der Waals surface area contributed by atoms with Gasteiger partial charge in [-0.3, -0.25) is 0 Å². The highest BCUT2D eigenvalue weighted by atomic mass is 16.5. The molecule has 1 heterocycles. The summed E-state index contributed by atoms with van der Waals surface area (Å²) in [5, 5.41) is 3.93. The largest absolute Gasteiger partial charge is 0.497 e. The summed E-state index contributed by atoms with van der Waals surface area (Å²) in [5.74, 6) is 0.762. The Morgan fingerprint density at radius 3 is 2.58 bits per heavy atom. The molecule has 5 heteroatoms. The van der Waals surface area contributed by atoms with Crippen molar-refractivity contribution in [2.24, 2.45) is 0 Å². The Kier molecular flexibility index (Phi) is 3.85. The summed E-state index contributed by atoms with van der Waals surface area (Å²) in [7, 11) is 1.60. The van der Waals surface area contributed by atoms with Crippen LogP contribution in [0.15, 0.2) is 28.8 Å². The molecular formula is C14H15NO4. The smallest absolute Gasteiger partial charge is 0.344 e. The first-order chi connectivity index (χ1) is 9.17. The number of hydrogen-bond donors (Lipinski definition) is 0. The molecule has 100 valence electrons. The number of hydrogen-bond acceptors (Lipinski definition) is 5. The number of nitrogens with zero attached hydrogens (tertiary/aromatic N) is 1. The molecule has 1 aromatic carbocycles. The Bertz CT molecular complexity index is 572. The van der Waals surface area contributed by atoms with Gasteiger partial charge in [0.1, 0.15) is 22.8 Å². The molecule has 0 amide bonds. The van der Waals surface area contributed by atoms with Crippen molar-refractivity contribution >= 4 is 5.97 Å². The Balaban J connectivity index is 2.41. The quantitative estimate of drug-likeness (QED) is 0.792. The predicted molar refractivity (Wildman–Crippen MR) is 69.2 cm³/mol. The third-order valence-electron chi connectivity index (χ3n) is 2.71. The van der Waals surface area contributed by atoms with Crippen LogP contribution in [-0.2, 0) is 4.74 Å². The molecule has 0 N–H and O–H groups in total. The van der Waals surface area contributed by atoms with E-state index in [1.807, 2.05) is 12.1 Å². The van der Waals surface area contributed by atoms with Gasteiger partial charge >= 0.3 is 5.97 Å². The molecule has 0 atom stereocenters. The first-order valence-corrected chi connectivity index (χ1v) is 5.95. The summed E-state index contributed by atoms with van der Waals surface area (Å²) in [6, 6.07) is 7.24. The highest BCUT2D eigenvalue weighted by molar-refractivity contribution is 5.97. The van der Waals surface area contributed by atoms with Gasteiger partial charge in [0.15, 0.2) is 0 Å². The molecule has 19 heavy (non-hydrogen) atoms. The van der Waals surface area contributed by atoms with Gasteiger partial charge in [-0.2, -0.15) is 0 Å². The molecule has 0 aliphatic carbocycles. The summed E-state index contributed by atoms with van der Waals surface area (Å²) in [5.41, 5.74) is 1.63. The van der Waals surface area contributed by atoms with E-state index in [0.717, 1.165) is 11.3 Å². The van der Waals surface area contributed by atoms with Gasteiger partial charge in [-0.1, -0.05) is 5.16 Å². The van der Waals surface area contributed by atoms with Crippen LogP contribution in [0, 0.1) is 6.92 Å². The Morgan fingerprint density at radius 2 is 2.00 bits per heavy atom. The van der Waals surface area contributed by atoms with Crippen LogP contribution in [0.2, 0.25) is 0 Å². The fourth-order valence-electron chi connectivity index (χ4n) is 1.76. The van der Waals surface area contributed by atoms with E-state index >= 15 is 0 Å². The minimum atomic E-state index is -0.424. The maximum absolute atomic E-state index is 11.9. The lowest BCUT2D eigenvalue weighted by molar-refractivity contribution is 0.0525. The van der Waals surface area contributed by atoms with Crippen LogP contribution in [0.3, 0.4) is 0 Å². The lowest BCUT2D eigenvalue weighted by atomic mass is 10.1. The van der Waals surface area contributed by atoms with Crippen molar-refractivity contribution in [3.63, 3.8) is 0 Å². The number of carbonyl (C=O) groups excluding carboxylic acids is 1. The van der Waals surface area contributed by atoms with Crippen molar-refractivity contribution in [1.29, 1.82) is 0 Å². The molecule has 0 unspecified atom stereocenters. The lowest BCUT2D eigenvalue weighted by Gasteiger charge is -2.03. The van der Waals surface area contributed by atoms with Gasteiger partial charge < -0.3 is 14.0 Å². The van der Waals surface area contributed by atoms with Crippen LogP contribution in [0.5, 0.6) is 5.75 Å². The first-order valence-electron chi connectivity index (χ1n) is 5.95. The number of ether oxygens (including phenoxy) is 2. The first kappa shape index (κ1) is 13.1. The molecule has 2 aromatic rings. The zero-order valence-corrected chi connectivity index (χ0v) is 11.1. The second kappa shape index (κ2) is 5.56. The number of methoxy groups -OCH3 is 1. The molecule has 0 fully saturated rings. The molecule has 0 spiro atoms. The van der Waals surface area contributed by atoms with Crippen molar-refractivity contribution in [3.8, 4) is 17.0 Å². The van der Waals surface area contributed by atoms with E-state index in [1.165, 1.54) is 0 Å². The van der Waals surface area contributed by atoms with Gasteiger partial charge in [0, 0.05) is 5.56 Å². The molecule has 0 radical (unpaired) electrons. The van der Waals surface area contributed by atoms with Gasteiger partial charge in [0.2, 0.25) is 0 Å². The molecule has 0 bridgehead atoms. The zero-order valence-electron chi connectivity index (χ0n) is 11.1. The highest BCUT2D eigenvalue weighted by Crippen LogP contribution is 2.27. The van der Waals surface area contributed by atoms with Crippen LogP contribution in [0.1, 0.15) is 23.0 Å². The molecule has 0 saturated heterocycles. The van der Waals surface area contributed by atoms with Crippen LogP contribution < -0.4 is 4.74 Å². The maximum Gasteiger partial charge on any atom is 0.344 e. The van der Waals surface area contributed by atoms with E-state index in [1.54, 1.807) is 33.1 Å². The number of carbonyl (C=O) groups is 1. The van der Waals surface area contributed by atoms with Crippen molar-refractivity contribution in [2.75, 3.05) is 13.7 Å². The third kappa shape index (κ3) is 2.59. The second-order valence-electron chi connectivity index (χ2n) is 3.91. The Labute approximate surface area is 111 Å². The molecule has 0 aliphatic heterocycles. The Hall–Kier alpha value is -2.30. The minimum Gasteiger partial charge on any atom is -0.497 e. The fourth-order valence-corrected chi connectivity index (χ4v) is 1.76. The van der Waals surface area contributed by atoms with Crippen LogP contribution in [-0.4, -0.2) is 24.8 Å². The van der Waals surface area contributed by atoms with Crippen molar-refractivity contribution in [3.05, 3.63) is 35.6 Å². The average molecular weight is 261 g/mol. The van der Waals surface area contributed by atoms with Gasteiger partial charge in [-0.25, -0.2) is 4.79 Å². The highest BCUT2D eigenvalue weighted by Gasteiger charge is 2.22. The summed E-state index contributed by atoms with van der Waals surface area (Å²) in [6.07, 6.45) is 0. The topological polar surface area (TPSA) is 61.6 Å². The van der Waals surface area contributed by atoms with Gasteiger partial charge in [-0.15, -0.1) is 0 Å². The van der Waals surface area contributed by atoms with E-state index in [2.05, 4.69) is 5.16 Å². The normalized spacial score (nSPS) is 10.3. The zero-order chi connectivity index (χ0) is 13.8. The molecule has 0 saturated carbocycles. The van der Waals surface area contributed by atoms with Gasteiger partial charge in [-0.05, 0) is 38.1 Å². The molecule has 1 aromatic heterocycles. The van der Waals surface area contributed by atoms with E-state index in [9.17, 15) is 4.79 Å². The van der Waals surface area contributed by atoms with E-state index in [-0.39, 0.29) is 0 Å². The number of aromatic nitrogens is 1. The second-order valence-corrected chi connectivity index (χ2v) is 3.91. The molecular weight excluding hydrogens is 246 g/mol. The monoisotopic (exact) mass is 261 g/mol. The summed E-state index contributed by atoms with van der Waals surface area (Å²) in [4.78, 5) is 11.9. The van der Waals surface area contributed by atoms with Gasteiger partial charge in [0.25, 0.3) is 0 Å². The van der Waals surface area contributed by atoms with Gasteiger partial charge in [0.05, 0.1) is 13.7 Å². The standard InChI is InChI=1S/C14H15NO4/c1-4-18-14(16)12-9(2)19-15-13(12)10-5-7-11(17-3)8-6-10/h5-8H,4H2,1-3H3. The molecule has 2 rings (SSSR count). The van der Waals surface area contributed by atoms with Crippen LogP contribution in [0.25, 0.3) is 11.3 Å². The van der Waals surface area contributed by atoms with Crippen molar-refractivity contribution in [2.45, 2.75) is 13.8 Å². The van der Waals surface area contributed by atoms with Crippen molar-refractivity contribution < 1.29 is 18.8 Å². The number of aryl methyl sites for hydroxylation is 1. The Morgan fingerprint density at radius 1 is 1.32 bits per heavy atom. The number of benzene rings is 1. The van der Waals surface area contributed by atoms with Crippen LogP contribution in [0.4, 0.5) is 0 Å². The summed E-state index contributed by atoms with van der Waals surface area (Å²) >= 11 is 0. The summed E-state index contributed by atoms with van der Waals surface area (Å²) < 4.78 is 15.2. The SMILES string of the molecule is CCOC(=O)c1c(-c2ccc(OC)cc2)noc1C. The minimum absolute atomic E-state index is 0.311. The molecule has 5 nitrogen and oxygen atoms in total. The van der Waals surface area contributed by atoms with E-state index in [0.29, 0.717) is 23.6 Å².